The van der Waals surface area contributed by atoms with Crippen molar-refractivity contribution < 1.29 is 0 Å². The molecule has 2 fully saturated rings. The number of nitrogens with zero attached hydrogens (tertiary/aromatic N) is 1. The van der Waals surface area contributed by atoms with Gasteiger partial charge in [0, 0.05) is 19.6 Å². The van der Waals surface area contributed by atoms with Crippen LogP contribution in [-0.2, 0) is 0 Å². The number of nitrogens with one attached hydrogen (secondary N) is 1. The SMILES string of the molecule is CCNCC1(CN2CCCC(CC)C2)CCCCC1. The molecule has 2 aliphatic rings. The van der Waals surface area contributed by atoms with Crippen molar-refractivity contribution in [3.63, 3.8) is 0 Å². The van der Waals surface area contributed by atoms with E-state index in [4.69, 9.17) is 0 Å². The quantitative estimate of drug-likeness (QED) is 0.789. The lowest BCUT2D eigenvalue weighted by atomic mass is 9.73. The molecule has 19 heavy (non-hydrogen) atoms. The largest absolute Gasteiger partial charge is 0.316 e. The molecule has 1 saturated heterocycles. The molecule has 1 aliphatic carbocycles. The first-order valence-corrected chi connectivity index (χ1v) is 8.71. The maximum atomic E-state index is 3.65. The molecule has 0 aromatic heterocycles. The zero-order chi connectivity index (χ0) is 13.6. The normalized spacial score (nSPS) is 28.4. The van der Waals surface area contributed by atoms with E-state index in [1.165, 1.54) is 77.5 Å². The second-order valence-electron chi connectivity index (χ2n) is 6.99. The van der Waals surface area contributed by atoms with E-state index in [0.717, 1.165) is 12.5 Å². The standard InChI is InChI=1S/C17H34N2/c1-3-16-9-8-12-19(13-16)15-17(14-18-4-2)10-6-5-7-11-17/h16,18H,3-15H2,1-2H3. The molecule has 0 aromatic carbocycles. The average Bonchev–Trinajstić information content (AvgIpc) is 2.46. The fraction of sp³-hybridized carbons (Fsp3) is 1.00. The highest BCUT2D eigenvalue weighted by molar-refractivity contribution is 4.89. The van der Waals surface area contributed by atoms with Crippen LogP contribution in [0.15, 0.2) is 0 Å². The van der Waals surface area contributed by atoms with E-state index in [1.807, 2.05) is 0 Å². The summed E-state index contributed by atoms with van der Waals surface area (Å²) in [5.74, 6) is 0.966. The van der Waals surface area contributed by atoms with Crippen molar-refractivity contribution in [1.29, 1.82) is 0 Å². The van der Waals surface area contributed by atoms with E-state index in [-0.39, 0.29) is 0 Å². The van der Waals surface area contributed by atoms with Crippen LogP contribution in [0.2, 0.25) is 0 Å². The van der Waals surface area contributed by atoms with Gasteiger partial charge >= 0.3 is 0 Å². The van der Waals surface area contributed by atoms with Crippen molar-refractivity contribution in [2.45, 2.75) is 65.2 Å². The molecule has 0 radical (unpaired) electrons. The molecule has 1 unspecified atom stereocenters. The summed E-state index contributed by atoms with van der Waals surface area (Å²) in [4.78, 5) is 2.79. The van der Waals surface area contributed by atoms with E-state index in [0.29, 0.717) is 5.41 Å². The fourth-order valence-electron chi connectivity index (χ4n) is 4.19. The van der Waals surface area contributed by atoms with Gasteiger partial charge in [-0.3, -0.25) is 0 Å². The molecule has 0 aromatic rings. The molecule has 1 saturated carbocycles. The van der Waals surface area contributed by atoms with Gasteiger partial charge in [0.05, 0.1) is 0 Å². The molecule has 1 heterocycles. The monoisotopic (exact) mass is 266 g/mol. The lowest BCUT2D eigenvalue weighted by molar-refractivity contribution is 0.0723. The number of hydrogen-bond donors (Lipinski definition) is 1. The average molecular weight is 266 g/mol. The summed E-state index contributed by atoms with van der Waals surface area (Å²) in [7, 11) is 0. The third-order valence-electron chi connectivity index (χ3n) is 5.40. The van der Waals surface area contributed by atoms with Gasteiger partial charge in [0.1, 0.15) is 0 Å². The molecule has 1 atom stereocenters. The lowest BCUT2D eigenvalue weighted by Crippen LogP contribution is -2.48. The summed E-state index contributed by atoms with van der Waals surface area (Å²) in [6.45, 7) is 11.1. The molecule has 0 amide bonds. The van der Waals surface area contributed by atoms with Crippen molar-refractivity contribution >= 4 is 0 Å². The van der Waals surface area contributed by atoms with Crippen molar-refractivity contribution in [3.8, 4) is 0 Å². The molecule has 0 bridgehead atoms. The van der Waals surface area contributed by atoms with Crippen LogP contribution < -0.4 is 5.32 Å². The van der Waals surface area contributed by atoms with Crippen LogP contribution in [0.3, 0.4) is 0 Å². The minimum atomic E-state index is 0.587. The van der Waals surface area contributed by atoms with E-state index in [1.54, 1.807) is 0 Å². The second kappa shape index (κ2) is 7.64. The van der Waals surface area contributed by atoms with Crippen molar-refractivity contribution in [1.82, 2.24) is 10.2 Å². The van der Waals surface area contributed by atoms with Crippen LogP contribution in [0.4, 0.5) is 0 Å². The van der Waals surface area contributed by atoms with Crippen LogP contribution in [0.5, 0.6) is 0 Å². The molecule has 2 nitrogen and oxygen atoms in total. The van der Waals surface area contributed by atoms with Crippen LogP contribution >= 0.6 is 0 Å². The minimum Gasteiger partial charge on any atom is -0.316 e. The number of likely N-dealkylation sites (tertiary alicyclic amines) is 1. The highest BCUT2D eigenvalue weighted by Crippen LogP contribution is 2.37. The Kier molecular flexibility index (Phi) is 6.15. The highest BCUT2D eigenvalue weighted by atomic mass is 15.1. The second-order valence-corrected chi connectivity index (χ2v) is 6.99. The molecule has 0 spiro atoms. The first-order chi connectivity index (χ1) is 9.28. The number of hydrogen-bond acceptors (Lipinski definition) is 2. The van der Waals surface area contributed by atoms with E-state index in [9.17, 15) is 0 Å². The first kappa shape index (κ1) is 15.3. The van der Waals surface area contributed by atoms with Gasteiger partial charge in [0.15, 0.2) is 0 Å². The predicted octanol–water partition coefficient (Wildman–Crippen LogP) is 3.67. The smallest absolute Gasteiger partial charge is 0.00503 e. The van der Waals surface area contributed by atoms with Gasteiger partial charge in [-0.15, -0.1) is 0 Å². The molecule has 2 rings (SSSR count). The van der Waals surface area contributed by atoms with Gasteiger partial charge in [0.2, 0.25) is 0 Å². The molecule has 1 aliphatic heterocycles. The van der Waals surface area contributed by atoms with Gasteiger partial charge in [-0.2, -0.15) is 0 Å². The Balaban J connectivity index is 1.90. The Bertz CT molecular complexity index is 246. The Morgan fingerprint density at radius 2 is 1.89 bits per heavy atom. The van der Waals surface area contributed by atoms with E-state index >= 15 is 0 Å². The summed E-state index contributed by atoms with van der Waals surface area (Å²) < 4.78 is 0. The predicted molar refractivity (Wildman–Crippen MR) is 83.5 cm³/mol. The van der Waals surface area contributed by atoms with Crippen molar-refractivity contribution in [2.24, 2.45) is 11.3 Å². The maximum absolute atomic E-state index is 3.65. The zero-order valence-corrected chi connectivity index (χ0v) is 13.2. The highest BCUT2D eigenvalue weighted by Gasteiger charge is 2.34. The molecular formula is C17H34N2. The van der Waals surface area contributed by atoms with Gasteiger partial charge in [-0.1, -0.05) is 39.5 Å². The molecule has 2 heteroatoms. The summed E-state index contributed by atoms with van der Waals surface area (Å²) in [6, 6.07) is 0. The third kappa shape index (κ3) is 4.46. The topological polar surface area (TPSA) is 15.3 Å². The maximum Gasteiger partial charge on any atom is 0.00503 e. The summed E-state index contributed by atoms with van der Waals surface area (Å²) in [5.41, 5.74) is 0.587. The van der Waals surface area contributed by atoms with E-state index < -0.39 is 0 Å². The minimum absolute atomic E-state index is 0.587. The fourth-order valence-corrected chi connectivity index (χ4v) is 4.19. The van der Waals surface area contributed by atoms with Gasteiger partial charge in [0.25, 0.3) is 0 Å². The number of rotatable bonds is 6. The number of piperidine rings is 1. The van der Waals surface area contributed by atoms with Crippen molar-refractivity contribution in [3.05, 3.63) is 0 Å². The van der Waals surface area contributed by atoms with Crippen LogP contribution in [-0.4, -0.2) is 37.6 Å². The van der Waals surface area contributed by atoms with Crippen LogP contribution in [0.1, 0.15) is 65.2 Å². The Morgan fingerprint density at radius 3 is 2.58 bits per heavy atom. The molecule has 1 N–H and O–H groups in total. The van der Waals surface area contributed by atoms with Crippen LogP contribution in [0, 0.1) is 11.3 Å². The first-order valence-electron chi connectivity index (χ1n) is 8.71. The van der Waals surface area contributed by atoms with Crippen LogP contribution in [0.25, 0.3) is 0 Å². The van der Waals surface area contributed by atoms with Crippen molar-refractivity contribution in [2.75, 3.05) is 32.7 Å². The Morgan fingerprint density at radius 1 is 1.11 bits per heavy atom. The lowest BCUT2D eigenvalue weighted by Gasteiger charge is -2.44. The summed E-state index contributed by atoms with van der Waals surface area (Å²) in [5, 5.41) is 3.65. The molecular weight excluding hydrogens is 232 g/mol. The van der Waals surface area contributed by atoms with Gasteiger partial charge < -0.3 is 10.2 Å². The summed E-state index contributed by atoms with van der Waals surface area (Å²) >= 11 is 0. The van der Waals surface area contributed by atoms with Gasteiger partial charge in [-0.25, -0.2) is 0 Å². The van der Waals surface area contributed by atoms with Gasteiger partial charge in [-0.05, 0) is 50.1 Å². The zero-order valence-electron chi connectivity index (χ0n) is 13.2. The summed E-state index contributed by atoms with van der Waals surface area (Å²) in [6.07, 6.45) is 11.5. The Hall–Kier alpha value is -0.0800. The van der Waals surface area contributed by atoms with E-state index in [2.05, 4.69) is 24.1 Å². The Labute approximate surface area is 120 Å². The molecule has 112 valence electrons. The third-order valence-corrected chi connectivity index (χ3v) is 5.40.